The monoisotopic (exact) mass is 273 g/mol. The van der Waals surface area contributed by atoms with Gasteiger partial charge in [0.15, 0.2) is 0 Å². The highest BCUT2D eigenvalue weighted by Gasteiger charge is 2.23. The van der Waals surface area contributed by atoms with Crippen LogP contribution >= 0.6 is 11.3 Å². The molecule has 3 heteroatoms. The fourth-order valence-corrected chi connectivity index (χ4v) is 2.55. The van der Waals surface area contributed by atoms with Gasteiger partial charge in [0.2, 0.25) is 0 Å². The summed E-state index contributed by atoms with van der Waals surface area (Å²) >= 11 is 1.69. The Morgan fingerprint density at radius 1 is 1.21 bits per heavy atom. The number of hydroxylamine groups is 1. The quantitative estimate of drug-likeness (QED) is 0.794. The lowest BCUT2D eigenvalue weighted by Crippen LogP contribution is -2.39. The molecule has 100 valence electrons. The van der Waals surface area contributed by atoms with E-state index >= 15 is 0 Å². The molecule has 2 aromatic rings. The standard InChI is InChI=1S/C16H19NOS/c1-13(15-10-7-11-19-15)16(2,3)17-18-12-14-8-5-4-6-9-14/h4-11,17H,1,12H2,2-3H3. The Labute approximate surface area is 118 Å². The first kappa shape index (κ1) is 14.0. The third-order valence-corrected chi connectivity index (χ3v) is 3.91. The fraction of sp³-hybridized carbons (Fsp3) is 0.250. The molecule has 2 nitrogen and oxygen atoms in total. The molecule has 0 fully saturated rings. The number of hydrogen-bond donors (Lipinski definition) is 1. The summed E-state index contributed by atoms with van der Waals surface area (Å²) in [4.78, 5) is 6.78. The van der Waals surface area contributed by atoms with Gasteiger partial charge in [-0.05, 0) is 36.4 Å². The summed E-state index contributed by atoms with van der Waals surface area (Å²) in [5.41, 5.74) is 4.99. The zero-order valence-corrected chi connectivity index (χ0v) is 12.2. The summed E-state index contributed by atoms with van der Waals surface area (Å²) in [6, 6.07) is 14.2. The molecule has 0 radical (unpaired) electrons. The first-order valence-electron chi connectivity index (χ1n) is 6.26. The van der Waals surface area contributed by atoms with Crippen molar-refractivity contribution in [2.75, 3.05) is 0 Å². The lowest BCUT2D eigenvalue weighted by atomic mass is 9.95. The van der Waals surface area contributed by atoms with Crippen molar-refractivity contribution in [2.24, 2.45) is 0 Å². The van der Waals surface area contributed by atoms with E-state index in [4.69, 9.17) is 4.84 Å². The zero-order valence-electron chi connectivity index (χ0n) is 11.3. The van der Waals surface area contributed by atoms with Crippen LogP contribution in [0.4, 0.5) is 0 Å². The lowest BCUT2D eigenvalue weighted by molar-refractivity contribution is -0.00589. The molecular weight excluding hydrogens is 254 g/mol. The molecular formula is C16H19NOS. The van der Waals surface area contributed by atoms with Gasteiger partial charge in [-0.25, -0.2) is 0 Å². The Kier molecular flexibility index (Phi) is 4.53. The maximum Gasteiger partial charge on any atom is 0.0933 e. The van der Waals surface area contributed by atoms with E-state index in [1.807, 2.05) is 36.4 Å². The van der Waals surface area contributed by atoms with E-state index in [-0.39, 0.29) is 5.54 Å². The van der Waals surface area contributed by atoms with E-state index in [1.54, 1.807) is 11.3 Å². The molecule has 0 saturated carbocycles. The van der Waals surface area contributed by atoms with Gasteiger partial charge in [0.1, 0.15) is 0 Å². The maximum absolute atomic E-state index is 5.60. The van der Waals surface area contributed by atoms with Gasteiger partial charge < -0.3 is 0 Å². The van der Waals surface area contributed by atoms with Gasteiger partial charge in [-0.1, -0.05) is 43.0 Å². The Morgan fingerprint density at radius 3 is 2.58 bits per heavy atom. The van der Waals surface area contributed by atoms with Crippen LogP contribution in [-0.4, -0.2) is 5.54 Å². The number of benzene rings is 1. The van der Waals surface area contributed by atoms with Gasteiger partial charge in [0, 0.05) is 4.88 Å². The van der Waals surface area contributed by atoms with Crippen LogP contribution in [0.5, 0.6) is 0 Å². The van der Waals surface area contributed by atoms with Crippen LogP contribution in [0, 0.1) is 0 Å². The van der Waals surface area contributed by atoms with Crippen LogP contribution in [-0.2, 0) is 11.4 Å². The molecule has 0 atom stereocenters. The average molecular weight is 273 g/mol. The van der Waals surface area contributed by atoms with Crippen LogP contribution in [0.25, 0.3) is 5.57 Å². The van der Waals surface area contributed by atoms with Crippen LogP contribution in [0.3, 0.4) is 0 Å². The molecule has 1 aromatic carbocycles. The highest BCUT2D eigenvalue weighted by atomic mass is 32.1. The van der Waals surface area contributed by atoms with Crippen molar-refractivity contribution in [2.45, 2.75) is 26.0 Å². The Hall–Kier alpha value is -1.42. The molecule has 0 bridgehead atoms. The maximum atomic E-state index is 5.60. The van der Waals surface area contributed by atoms with Gasteiger partial charge in [-0.15, -0.1) is 11.3 Å². The SMILES string of the molecule is C=C(c1cccs1)C(C)(C)NOCc1ccccc1. The molecule has 1 N–H and O–H groups in total. The van der Waals surface area contributed by atoms with E-state index in [1.165, 1.54) is 4.88 Å². The van der Waals surface area contributed by atoms with Gasteiger partial charge in [-0.2, -0.15) is 5.48 Å². The molecule has 0 saturated heterocycles. The van der Waals surface area contributed by atoms with Gasteiger partial charge in [-0.3, -0.25) is 4.84 Å². The molecule has 19 heavy (non-hydrogen) atoms. The van der Waals surface area contributed by atoms with Crippen LogP contribution in [0.1, 0.15) is 24.3 Å². The summed E-state index contributed by atoms with van der Waals surface area (Å²) in [6.45, 7) is 8.85. The molecule has 0 aliphatic heterocycles. The van der Waals surface area contributed by atoms with E-state index in [0.717, 1.165) is 11.1 Å². The Morgan fingerprint density at radius 2 is 1.95 bits per heavy atom. The van der Waals surface area contributed by atoms with Crippen molar-refractivity contribution in [3.05, 3.63) is 64.9 Å². The number of nitrogens with one attached hydrogen (secondary N) is 1. The number of rotatable bonds is 6. The van der Waals surface area contributed by atoms with E-state index in [2.05, 4.69) is 37.4 Å². The minimum atomic E-state index is -0.292. The van der Waals surface area contributed by atoms with Gasteiger partial charge in [0.05, 0.1) is 12.1 Å². The number of hydrogen-bond acceptors (Lipinski definition) is 3. The summed E-state index contributed by atoms with van der Waals surface area (Å²) in [6.07, 6.45) is 0. The van der Waals surface area contributed by atoms with Crippen LogP contribution < -0.4 is 5.48 Å². The largest absolute Gasteiger partial charge is 0.296 e. The zero-order chi connectivity index (χ0) is 13.7. The fourth-order valence-electron chi connectivity index (χ4n) is 1.69. The minimum Gasteiger partial charge on any atom is -0.296 e. The summed E-state index contributed by atoms with van der Waals surface area (Å²) in [5.74, 6) is 0. The molecule has 1 heterocycles. The Balaban J connectivity index is 1.89. The first-order chi connectivity index (χ1) is 9.09. The second-order valence-electron chi connectivity index (χ2n) is 4.96. The normalized spacial score (nSPS) is 11.5. The third kappa shape index (κ3) is 3.77. The second kappa shape index (κ2) is 6.15. The topological polar surface area (TPSA) is 21.3 Å². The molecule has 0 spiro atoms. The lowest BCUT2D eigenvalue weighted by Gasteiger charge is -2.27. The van der Waals surface area contributed by atoms with Crippen molar-refractivity contribution in [1.29, 1.82) is 0 Å². The van der Waals surface area contributed by atoms with Gasteiger partial charge in [0.25, 0.3) is 0 Å². The third-order valence-electron chi connectivity index (χ3n) is 2.98. The molecule has 1 aromatic heterocycles. The highest BCUT2D eigenvalue weighted by Crippen LogP contribution is 2.28. The summed E-state index contributed by atoms with van der Waals surface area (Å²) in [5, 5.41) is 2.06. The van der Waals surface area contributed by atoms with Crippen molar-refractivity contribution in [1.82, 2.24) is 5.48 Å². The minimum absolute atomic E-state index is 0.292. The van der Waals surface area contributed by atoms with Crippen molar-refractivity contribution < 1.29 is 4.84 Å². The molecule has 2 rings (SSSR count). The van der Waals surface area contributed by atoms with Crippen LogP contribution in [0.2, 0.25) is 0 Å². The number of thiophene rings is 1. The predicted octanol–water partition coefficient (Wildman–Crippen LogP) is 4.26. The van der Waals surface area contributed by atoms with Crippen LogP contribution in [0.15, 0.2) is 54.4 Å². The second-order valence-corrected chi connectivity index (χ2v) is 5.90. The van der Waals surface area contributed by atoms with Crippen molar-refractivity contribution in [3.8, 4) is 0 Å². The predicted molar refractivity (Wildman–Crippen MR) is 81.8 cm³/mol. The molecule has 0 unspecified atom stereocenters. The van der Waals surface area contributed by atoms with E-state index in [9.17, 15) is 0 Å². The van der Waals surface area contributed by atoms with Crippen molar-refractivity contribution in [3.63, 3.8) is 0 Å². The highest BCUT2D eigenvalue weighted by molar-refractivity contribution is 7.11. The summed E-state index contributed by atoms with van der Waals surface area (Å²) in [7, 11) is 0. The Bertz CT molecular complexity index is 517. The molecule has 0 amide bonds. The van der Waals surface area contributed by atoms with E-state index < -0.39 is 0 Å². The van der Waals surface area contributed by atoms with E-state index in [0.29, 0.717) is 6.61 Å². The molecule has 0 aliphatic rings. The van der Waals surface area contributed by atoms with Gasteiger partial charge >= 0.3 is 0 Å². The first-order valence-corrected chi connectivity index (χ1v) is 7.14. The summed E-state index contributed by atoms with van der Waals surface area (Å²) < 4.78 is 0. The average Bonchev–Trinajstić information content (AvgIpc) is 2.92. The molecule has 0 aliphatic carbocycles. The smallest absolute Gasteiger partial charge is 0.0933 e. The van der Waals surface area contributed by atoms with Crippen molar-refractivity contribution >= 4 is 16.9 Å².